The predicted octanol–water partition coefficient (Wildman–Crippen LogP) is 3.55. The molecular formula is C19H32N2O3. The van der Waals surface area contributed by atoms with Gasteiger partial charge in [0.25, 0.3) is 5.91 Å². The summed E-state index contributed by atoms with van der Waals surface area (Å²) in [5, 5.41) is 2.91. The van der Waals surface area contributed by atoms with Crippen LogP contribution in [0.25, 0.3) is 0 Å². The number of carbonyl (C=O) groups is 1. The van der Waals surface area contributed by atoms with Gasteiger partial charge in [-0.15, -0.1) is 0 Å². The molecule has 136 valence electrons. The van der Waals surface area contributed by atoms with Crippen LogP contribution in [0.3, 0.4) is 0 Å². The van der Waals surface area contributed by atoms with Crippen LogP contribution in [-0.2, 0) is 9.53 Å². The third-order valence-electron chi connectivity index (χ3n) is 4.30. The monoisotopic (exact) mass is 336 g/mol. The summed E-state index contributed by atoms with van der Waals surface area (Å²) >= 11 is 0. The molecule has 1 rings (SSSR count). The summed E-state index contributed by atoms with van der Waals surface area (Å²) < 4.78 is 11.3. The minimum absolute atomic E-state index is 0.123. The van der Waals surface area contributed by atoms with Gasteiger partial charge in [0.2, 0.25) is 0 Å². The Morgan fingerprint density at radius 2 is 1.75 bits per heavy atom. The maximum atomic E-state index is 12.4. The number of nitrogens with zero attached hydrogens (tertiary/aromatic N) is 1. The molecule has 0 aliphatic carbocycles. The molecule has 0 radical (unpaired) electrons. The van der Waals surface area contributed by atoms with E-state index in [-0.39, 0.29) is 5.91 Å². The van der Waals surface area contributed by atoms with Gasteiger partial charge in [-0.1, -0.05) is 20.8 Å². The molecule has 0 bridgehead atoms. The zero-order valence-electron chi connectivity index (χ0n) is 15.7. The van der Waals surface area contributed by atoms with Gasteiger partial charge in [-0.05, 0) is 57.6 Å². The Morgan fingerprint density at radius 1 is 1.12 bits per heavy atom. The summed E-state index contributed by atoms with van der Waals surface area (Å²) in [6, 6.07) is 7.46. The average molecular weight is 336 g/mol. The zero-order chi connectivity index (χ0) is 18.0. The molecule has 0 aliphatic rings. The molecule has 5 nitrogen and oxygen atoms in total. The number of likely N-dealkylation sites (N-methyl/N-ethyl adjacent to an activating group) is 1. The first-order valence-electron chi connectivity index (χ1n) is 8.89. The quantitative estimate of drug-likeness (QED) is 0.671. The molecule has 1 aromatic rings. The molecule has 0 heterocycles. The molecule has 0 aliphatic heterocycles. The highest BCUT2D eigenvalue weighted by Crippen LogP contribution is 2.20. The van der Waals surface area contributed by atoms with Crippen molar-refractivity contribution in [3.63, 3.8) is 0 Å². The third kappa shape index (κ3) is 6.13. The number of anilines is 1. The Labute approximate surface area is 146 Å². The van der Waals surface area contributed by atoms with E-state index in [9.17, 15) is 4.79 Å². The van der Waals surface area contributed by atoms with Crippen molar-refractivity contribution >= 4 is 11.6 Å². The van der Waals surface area contributed by atoms with E-state index in [1.165, 1.54) is 0 Å². The van der Waals surface area contributed by atoms with Crippen molar-refractivity contribution in [1.82, 2.24) is 4.90 Å². The summed E-state index contributed by atoms with van der Waals surface area (Å²) in [7, 11) is 0. The molecular weight excluding hydrogens is 304 g/mol. The predicted molar refractivity (Wildman–Crippen MR) is 98.7 cm³/mol. The maximum Gasteiger partial charge on any atom is 0.256 e. The van der Waals surface area contributed by atoms with Gasteiger partial charge in [0.15, 0.2) is 0 Å². The van der Waals surface area contributed by atoms with Crippen LogP contribution >= 0.6 is 0 Å². The Bertz CT molecular complexity index is 486. The first-order chi connectivity index (χ1) is 11.5. The lowest BCUT2D eigenvalue weighted by molar-refractivity contribution is -0.139. The Morgan fingerprint density at radius 3 is 2.25 bits per heavy atom. The summed E-state index contributed by atoms with van der Waals surface area (Å²) in [4.78, 5) is 14.7. The highest BCUT2D eigenvalue weighted by Gasteiger charge is 2.31. The number of rotatable bonds is 11. The van der Waals surface area contributed by atoms with Crippen LogP contribution in [0.2, 0.25) is 0 Å². The van der Waals surface area contributed by atoms with E-state index in [1.54, 1.807) is 0 Å². The lowest BCUT2D eigenvalue weighted by atomic mass is 10.0. The minimum Gasteiger partial charge on any atom is -0.492 e. The van der Waals surface area contributed by atoms with Gasteiger partial charge in [-0.3, -0.25) is 4.79 Å². The Balaban J connectivity index is 2.54. The van der Waals surface area contributed by atoms with E-state index in [4.69, 9.17) is 9.47 Å². The van der Waals surface area contributed by atoms with Crippen LogP contribution < -0.4 is 10.1 Å². The fourth-order valence-corrected chi connectivity index (χ4v) is 2.38. The van der Waals surface area contributed by atoms with Crippen molar-refractivity contribution in [2.24, 2.45) is 0 Å². The molecule has 0 spiro atoms. The summed E-state index contributed by atoms with van der Waals surface area (Å²) in [6.45, 7) is 14.1. The highest BCUT2D eigenvalue weighted by atomic mass is 16.5. The number of benzene rings is 1. The fourth-order valence-electron chi connectivity index (χ4n) is 2.38. The van der Waals surface area contributed by atoms with E-state index >= 15 is 0 Å². The smallest absolute Gasteiger partial charge is 0.256 e. The number of amides is 1. The van der Waals surface area contributed by atoms with Crippen molar-refractivity contribution < 1.29 is 14.3 Å². The first-order valence-corrected chi connectivity index (χ1v) is 8.89. The third-order valence-corrected chi connectivity index (χ3v) is 4.30. The van der Waals surface area contributed by atoms with E-state index in [2.05, 4.69) is 24.1 Å². The van der Waals surface area contributed by atoms with Crippen LogP contribution in [0, 0.1) is 0 Å². The van der Waals surface area contributed by atoms with Crippen molar-refractivity contribution in [3.8, 4) is 5.75 Å². The molecule has 0 saturated heterocycles. The highest BCUT2D eigenvalue weighted by molar-refractivity contribution is 5.97. The van der Waals surface area contributed by atoms with Crippen molar-refractivity contribution in [3.05, 3.63) is 24.3 Å². The lowest BCUT2D eigenvalue weighted by Crippen LogP contribution is -2.42. The standard InChI is InChI=1S/C19H32N2O3/c1-6-19(5,24-9-4)18(22)20-16-10-12-17(13-11-16)23-15-14-21(7-2)8-3/h10-13H,6-9,14-15H2,1-5H3,(H,20,22)/t19-/m0/s1. The van der Waals surface area contributed by atoms with Crippen LogP contribution in [0.1, 0.15) is 41.0 Å². The molecule has 0 unspecified atom stereocenters. The second-order valence-corrected chi connectivity index (χ2v) is 5.87. The van der Waals surface area contributed by atoms with Gasteiger partial charge >= 0.3 is 0 Å². The number of ether oxygens (including phenoxy) is 2. The Kier molecular flexibility index (Phi) is 8.79. The number of carbonyl (C=O) groups excluding carboxylic acids is 1. The molecule has 0 fully saturated rings. The van der Waals surface area contributed by atoms with Gasteiger partial charge < -0.3 is 19.7 Å². The average Bonchev–Trinajstić information content (AvgIpc) is 2.60. The van der Waals surface area contributed by atoms with Crippen LogP contribution in [0.4, 0.5) is 5.69 Å². The second kappa shape index (κ2) is 10.3. The molecule has 24 heavy (non-hydrogen) atoms. The number of hydrogen-bond acceptors (Lipinski definition) is 4. The van der Waals surface area contributed by atoms with Gasteiger partial charge in [-0.2, -0.15) is 0 Å². The SMILES string of the molecule is CCO[C@@](C)(CC)C(=O)Nc1ccc(OCCN(CC)CC)cc1. The maximum absolute atomic E-state index is 12.4. The van der Waals surface area contributed by atoms with Crippen molar-refractivity contribution in [2.45, 2.75) is 46.6 Å². The molecule has 0 aromatic heterocycles. The van der Waals surface area contributed by atoms with Gasteiger partial charge in [0, 0.05) is 18.8 Å². The molecule has 5 heteroatoms. The first kappa shape index (κ1) is 20.5. The second-order valence-electron chi connectivity index (χ2n) is 5.87. The van der Waals surface area contributed by atoms with E-state index in [0.717, 1.165) is 31.1 Å². The molecule has 1 atom stereocenters. The van der Waals surface area contributed by atoms with Gasteiger partial charge in [0.05, 0.1) is 0 Å². The molecule has 1 amide bonds. The van der Waals surface area contributed by atoms with Gasteiger partial charge in [0.1, 0.15) is 18.0 Å². The zero-order valence-corrected chi connectivity index (χ0v) is 15.7. The van der Waals surface area contributed by atoms with Crippen LogP contribution in [0.5, 0.6) is 5.75 Å². The molecule has 0 saturated carbocycles. The van der Waals surface area contributed by atoms with E-state index in [1.807, 2.05) is 45.0 Å². The summed E-state index contributed by atoms with van der Waals surface area (Å²) in [5.74, 6) is 0.685. The molecule has 1 N–H and O–H groups in total. The van der Waals surface area contributed by atoms with Crippen LogP contribution in [-0.4, -0.2) is 49.3 Å². The largest absolute Gasteiger partial charge is 0.492 e. The van der Waals surface area contributed by atoms with Gasteiger partial charge in [-0.25, -0.2) is 0 Å². The van der Waals surface area contributed by atoms with E-state index < -0.39 is 5.60 Å². The normalized spacial score (nSPS) is 13.6. The summed E-state index contributed by atoms with van der Waals surface area (Å²) in [5.41, 5.74) is -0.0521. The van der Waals surface area contributed by atoms with Crippen LogP contribution in [0.15, 0.2) is 24.3 Å². The van der Waals surface area contributed by atoms with E-state index in [0.29, 0.717) is 19.6 Å². The topological polar surface area (TPSA) is 50.8 Å². The minimum atomic E-state index is -0.798. The Hall–Kier alpha value is -1.59. The number of hydrogen-bond donors (Lipinski definition) is 1. The van der Waals surface area contributed by atoms with Crippen molar-refractivity contribution in [1.29, 1.82) is 0 Å². The fraction of sp³-hybridized carbons (Fsp3) is 0.632. The lowest BCUT2D eigenvalue weighted by Gasteiger charge is -2.26. The summed E-state index contributed by atoms with van der Waals surface area (Å²) in [6.07, 6.45) is 0.624. The van der Waals surface area contributed by atoms with Crippen molar-refractivity contribution in [2.75, 3.05) is 38.2 Å². The number of nitrogens with one attached hydrogen (secondary N) is 1. The molecule has 1 aromatic carbocycles.